The van der Waals surface area contributed by atoms with E-state index in [1.807, 2.05) is 6.92 Å². The molecule has 0 aromatic heterocycles. The number of aliphatic hydroxyl groups is 1. The molecule has 0 bridgehead atoms. The second kappa shape index (κ2) is 8.40. The molecule has 1 fully saturated rings. The summed E-state index contributed by atoms with van der Waals surface area (Å²) in [5.74, 6) is -1.81. The number of aryl methyl sites for hydroxylation is 1. The van der Waals surface area contributed by atoms with Crippen LogP contribution in [0.25, 0.3) is 5.76 Å². The molecule has 0 radical (unpaired) electrons. The third kappa shape index (κ3) is 3.69. The maximum Gasteiger partial charge on any atom is 0.300 e. The standard InChI is InChI=1S/C25H20ClNO5/c1-14-3-5-15(6-4-14)23(29)21-22(16-7-12-20(32-2)19(28)13-16)27(25(31)24(21)30)18-10-8-17(26)9-11-18/h3-13,22,28-29H,1-2H3/b23-21-. The molecule has 6 nitrogen and oxygen atoms in total. The van der Waals surface area contributed by atoms with Gasteiger partial charge in [0.1, 0.15) is 5.76 Å². The molecule has 1 aliphatic rings. The maximum absolute atomic E-state index is 13.1. The Hall–Kier alpha value is -3.77. The van der Waals surface area contributed by atoms with E-state index >= 15 is 0 Å². The smallest absolute Gasteiger partial charge is 0.300 e. The summed E-state index contributed by atoms with van der Waals surface area (Å²) in [5.41, 5.74) is 2.19. The second-order valence-corrected chi connectivity index (χ2v) is 7.88. The number of ether oxygens (including phenoxy) is 1. The van der Waals surface area contributed by atoms with E-state index in [1.165, 1.54) is 18.1 Å². The van der Waals surface area contributed by atoms with Crippen molar-refractivity contribution in [3.8, 4) is 11.5 Å². The number of anilines is 1. The molecule has 0 spiro atoms. The summed E-state index contributed by atoms with van der Waals surface area (Å²) in [6.45, 7) is 1.91. The summed E-state index contributed by atoms with van der Waals surface area (Å²) in [6.07, 6.45) is 0. The summed E-state index contributed by atoms with van der Waals surface area (Å²) in [6, 6.07) is 17.1. The number of amides is 1. The normalized spacial score (nSPS) is 17.6. The molecule has 1 amide bonds. The second-order valence-electron chi connectivity index (χ2n) is 7.44. The molecule has 32 heavy (non-hydrogen) atoms. The van der Waals surface area contributed by atoms with Gasteiger partial charge in [-0.25, -0.2) is 0 Å². The lowest BCUT2D eigenvalue weighted by molar-refractivity contribution is -0.132. The summed E-state index contributed by atoms with van der Waals surface area (Å²) in [4.78, 5) is 27.5. The summed E-state index contributed by atoms with van der Waals surface area (Å²) < 4.78 is 5.11. The molecule has 1 unspecified atom stereocenters. The number of benzene rings is 3. The van der Waals surface area contributed by atoms with Crippen molar-refractivity contribution in [2.24, 2.45) is 0 Å². The largest absolute Gasteiger partial charge is 0.507 e. The molecular weight excluding hydrogens is 430 g/mol. The monoisotopic (exact) mass is 449 g/mol. The number of ketones is 1. The van der Waals surface area contributed by atoms with E-state index < -0.39 is 17.7 Å². The van der Waals surface area contributed by atoms with Crippen LogP contribution in [0.5, 0.6) is 11.5 Å². The predicted molar refractivity (Wildman–Crippen MR) is 122 cm³/mol. The lowest BCUT2D eigenvalue weighted by Crippen LogP contribution is -2.29. The van der Waals surface area contributed by atoms with E-state index in [0.717, 1.165) is 5.56 Å². The van der Waals surface area contributed by atoms with Crippen LogP contribution in [0, 0.1) is 6.92 Å². The number of methoxy groups -OCH3 is 1. The van der Waals surface area contributed by atoms with Crippen molar-refractivity contribution < 1.29 is 24.5 Å². The average Bonchev–Trinajstić information content (AvgIpc) is 3.05. The Morgan fingerprint density at radius 2 is 1.66 bits per heavy atom. The summed E-state index contributed by atoms with van der Waals surface area (Å²) in [7, 11) is 1.42. The first-order valence-electron chi connectivity index (χ1n) is 9.82. The number of aliphatic hydroxyl groups excluding tert-OH is 1. The molecule has 162 valence electrons. The lowest BCUT2D eigenvalue weighted by atomic mass is 9.94. The highest BCUT2D eigenvalue weighted by molar-refractivity contribution is 6.51. The highest BCUT2D eigenvalue weighted by Gasteiger charge is 2.47. The highest BCUT2D eigenvalue weighted by atomic mass is 35.5. The predicted octanol–water partition coefficient (Wildman–Crippen LogP) is 4.99. The number of halogens is 1. The number of carbonyl (C=O) groups is 2. The van der Waals surface area contributed by atoms with Crippen LogP contribution in [0.3, 0.4) is 0 Å². The molecule has 1 aliphatic heterocycles. The van der Waals surface area contributed by atoms with Gasteiger partial charge in [-0.2, -0.15) is 0 Å². The Morgan fingerprint density at radius 1 is 1.00 bits per heavy atom. The van der Waals surface area contributed by atoms with Gasteiger partial charge in [-0.1, -0.05) is 47.5 Å². The minimum absolute atomic E-state index is 0.0710. The van der Waals surface area contributed by atoms with Gasteiger partial charge < -0.3 is 14.9 Å². The van der Waals surface area contributed by atoms with Crippen molar-refractivity contribution in [3.63, 3.8) is 0 Å². The number of hydrogen-bond acceptors (Lipinski definition) is 5. The number of carbonyl (C=O) groups excluding carboxylic acids is 2. The van der Waals surface area contributed by atoms with Crippen molar-refractivity contribution in [1.82, 2.24) is 0 Å². The number of nitrogens with zero attached hydrogens (tertiary/aromatic N) is 1. The SMILES string of the molecule is COc1ccc(C2/C(=C(/O)c3ccc(C)cc3)C(=O)C(=O)N2c2ccc(Cl)cc2)cc1O. The van der Waals surface area contributed by atoms with Crippen LogP contribution in [0.4, 0.5) is 5.69 Å². The zero-order valence-corrected chi connectivity index (χ0v) is 18.1. The molecule has 1 atom stereocenters. The first-order valence-corrected chi connectivity index (χ1v) is 10.2. The minimum Gasteiger partial charge on any atom is -0.507 e. The van der Waals surface area contributed by atoms with Gasteiger partial charge in [0.05, 0.1) is 18.7 Å². The fraction of sp³-hybridized carbons (Fsp3) is 0.120. The van der Waals surface area contributed by atoms with Crippen molar-refractivity contribution in [2.45, 2.75) is 13.0 Å². The van der Waals surface area contributed by atoms with Crippen LogP contribution in [0.2, 0.25) is 5.02 Å². The van der Waals surface area contributed by atoms with Gasteiger partial charge >= 0.3 is 0 Å². The lowest BCUT2D eigenvalue weighted by Gasteiger charge is -2.25. The molecule has 1 saturated heterocycles. The number of phenols is 1. The number of aromatic hydroxyl groups is 1. The van der Waals surface area contributed by atoms with Crippen LogP contribution < -0.4 is 9.64 Å². The van der Waals surface area contributed by atoms with Crippen LogP contribution in [-0.4, -0.2) is 29.0 Å². The van der Waals surface area contributed by atoms with Gasteiger partial charge in [0.15, 0.2) is 11.5 Å². The Balaban J connectivity index is 1.95. The van der Waals surface area contributed by atoms with Crippen molar-refractivity contribution >= 4 is 34.7 Å². The molecule has 1 heterocycles. The topological polar surface area (TPSA) is 87.1 Å². The van der Waals surface area contributed by atoms with Crippen molar-refractivity contribution in [1.29, 1.82) is 0 Å². The number of hydrogen-bond donors (Lipinski definition) is 2. The number of rotatable bonds is 4. The molecule has 3 aromatic rings. The van der Waals surface area contributed by atoms with E-state index in [0.29, 0.717) is 21.8 Å². The third-order valence-corrected chi connectivity index (χ3v) is 5.64. The zero-order chi connectivity index (χ0) is 23.0. The van der Waals surface area contributed by atoms with Gasteiger partial charge in [0.25, 0.3) is 11.7 Å². The summed E-state index contributed by atoms with van der Waals surface area (Å²) >= 11 is 6.00. The Morgan fingerprint density at radius 3 is 2.25 bits per heavy atom. The van der Waals surface area contributed by atoms with E-state index in [9.17, 15) is 19.8 Å². The fourth-order valence-corrected chi connectivity index (χ4v) is 3.89. The van der Waals surface area contributed by atoms with Crippen molar-refractivity contribution in [2.75, 3.05) is 12.0 Å². The summed E-state index contributed by atoms with van der Waals surface area (Å²) in [5, 5.41) is 21.9. The molecule has 0 aliphatic carbocycles. The molecule has 4 rings (SSSR count). The van der Waals surface area contributed by atoms with Gasteiger partial charge in [-0.15, -0.1) is 0 Å². The van der Waals surface area contributed by atoms with Crippen LogP contribution in [-0.2, 0) is 9.59 Å². The molecular formula is C25H20ClNO5. The first-order chi connectivity index (χ1) is 15.3. The van der Waals surface area contributed by atoms with Crippen LogP contribution in [0.15, 0.2) is 72.3 Å². The number of Topliss-reactive ketones (excluding diaryl/α,β-unsaturated/α-hetero) is 1. The van der Waals surface area contributed by atoms with Crippen LogP contribution in [0.1, 0.15) is 22.7 Å². The molecule has 3 aromatic carbocycles. The van der Waals surface area contributed by atoms with Gasteiger partial charge in [-0.3, -0.25) is 14.5 Å². The quantitative estimate of drug-likeness (QED) is 0.333. The van der Waals surface area contributed by atoms with E-state index in [-0.39, 0.29) is 22.8 Å². The molecule has 2 N–H and O–H groups in total. The third-order valence-electron chi connectivity index (χ3n) is 5.39. The Bertz CT molecular complexity index is 1230. The average molecular weight is 450 g/mol. The van der Waals surface area contributed by atoms with Crippen molar-refractivity contribution in [3.05, 3.63) is 94.0 Å². The van der Waals surface area contributed by atoms with E-state index in [4.69, 9.17) is 16.3 Å². The Labute approximate surface area is 189 Å². The first kappa shape index (κ1) is 21.5. The van der Waals surface area contributed by atoms with Gasteiger partial charge in [0, 0.05) is 16.3 Å². The van der Waals surface area contributed by atoms with E-state index in [1.54, 1.807) is 60.7 Å². The van der Waals surface area contributed by atoms with E-state index in [2.05, 4.69) is 0 Å². The van der Waals surface area contributed by atoms with Crippen LogP contribution >= 0.6 is 11.6 Å². The fourth-order valence-electron chi connectivity index (χ4n) is 3.76. The maximum atomic E-state index is 13.1. The zero-order valence-electron chi connectivity index (χ0n) is 17.4. The van der Waals surface area contributed by atoms with Gasteiger partial charge in [-0.05, 0) is 48.9 Å². The van der Waals surface area contributed by atoms with Gasteiger partial charge in [0.2, 0.25) is 0 Å². The Kier molecular flexibility index (Phi) is 5.63. The molecule has 7 heteroatoms. The highest BCUT2D eigenvalue weighted by Crippen LogP contribution is 2.44. The number of phenolic OH excluding ortho intramolecular Hbond substituents is 1. The molecule has 0 saturated carbocycles. The minimum atomic E-state index is -0.964.